The molecule has 136 valence electrons. The molecule has 0 bridgehead atoms. The minimum Gasteiger partial charge on any atom is -0.357 e. The fourth-order valence-electron chi connectivity index (χ4n) is 2.21. The molecule has 7 heteroatoms. The maximum absolute atomic E-state index is 12.0. The molecule has 0 aliphatic heterocycles. The lowest BCUT2D eigenvalue weighted by atomic mass is 10.2. The number of hydrogen-bond acceptors (Lipinski definition) is 3. The number of nitrogens with one attached hydrogen (secondary N) is 2. The minimum atomic E-state index is 0. The van der Waals surface area contributed by atoms with Crippen LogP contribution in [0.5, 0.6) is 0 Å². The summed E-state index contributed by atoms with van der Waals surface area (Å²) < 4.78 is 0. The summed E-state index contributed by atoms with van der Waals surface area (Å²) in [4.78, 5) is 22.4. The van der Waals surface area contributed by atoms with Crippen molar-refractivity contribution in [3.63, 3.8) is 0 Å². The molecule has 6 nitrogen and oxygen atoms in total. The number of aliphatic imine (C=N–C) groups is 1. The molecule has 1 aromatic heterocycles. The van der Waals surface area contributed by atoms with E-state index in [1.165, 1.54) is 5.56 Å². The quantitative estimate of drug-likeness (QED) is 0.346. The third kappa shape index (κ3) is 9.05. The molecule has 1 amide bonds. The number of carbonyl (C=O) groups excluding carboxylic acids is 1. The average Bonchev–Trinajstić information content (AvgIpc) is 2.57. The van der Waals surface area contributed by atoms with E-state index in [0.717, 1.165) is 38.6 Å². The molecule has 1 heterocycles. The van der Waals surface area contributed by atoms with Gasteiger partial charge in [-0.25, -0.2) is 0 Å². The summed E-state index contributed by atoms with van der Waals surface area (Å²) in [6.07, 6.45) is 4.97. The Kier molecular flexibility index (Phi) is 13.2. The van der Waals surface area contributed by atoms with Gasteiger partial charge in [0.05, 0.1) is 6.54 Å². The summed E-state index contributed by atoms with van der Waals surface area (Å²) in [5.74, 6) is 0.911. The Morgan fingerprint density at radius 1 is 1.25 bits per heavy atom. The van der Waals surface area contributed by atoms with Crippen molar-refractivity contribution in [1.82, 2.24) is 20.5 Å². The average molecular weight is 447 g/mol. The summed E-state index contributed by atoms with van der Waals surface area (Å²) in [6, 6.07) is 3.99. The number of amides is 1. The second-order valence-electron chi connectivity index (χ2n) is 5.11. The molecule has 0 radical (unpaired) electrons. The summed E-state index contributed by atoms with van der Waals surface area (Å²) in [7, 11) is 0. The Labute approximate surface area is 162 Å². The normalized spacial score (nSPS) is 10.7. The summed E-state index contributed by atoms with van der Waals surface area (Å²) in [5, 5.41) is 6.48. The van der Waals surface area contributed by atoms with Gasteiger partial charge in [0, 0.05) is 45.0 Å². The molecule has 0 saturated carbocycles. The van der Waals surface area contributed by atoms with Crippen LogP contribution in [0.1, 0.15) is 32.8 Å². The van der Waals surface area contributed by atoms with Crippen molar-refractivity contribution < 1.29 is 4.79 Å². The molecule has 0 unspecified atom stereocenters. The zero-order valence-corrected chi connectivity index (χ0v) is 17.2. The lowest BCUT2D eigenvalue weighted by Gasteiger charge is -2.18. The zero-order chi connectivity index (χ0) is 16.9. The maximum atomic E-state index is 12.0. The molecule has 1 aromatic rings. The van der Waals surface area contributed by atoms with E-state index in [1.54, 1.807) is 6.20 Å². The molecule has 2 N–H and O–H groups in total. The van der Waals surface area contributed by atoms with Crippen molar-refractivity contribution >= 4 is 35.8 Å². The van der Waals surface area contributed by atoms with Crippen LogP contribution in [0.25, 0.3) is 0 Å². The number of aromatic nitrogens is 1. The van der Waals surface area contributed by atoms with Gasteiger partial charge in [-0.1, -0.05) is 6.07 Å². The van der Waals surface area contributed by atoms with Crippen LogP contribution in [0, 0.1) is 0 Å². The Morgan fingerprint density at radius 2 is 2.00 bits per heavy atom. The van der Waals surface area contributed by atoms with Crippen LogP contribution < -0.4 is 10.6 Å². The molecule has 0 aliphatic carbocycles. The van der Waals surface area contributed by atoms with Crippen molar-refractivity contribution in [3.05, 3.63) is 30.1 Å². The Morgan fingerprint density at radius 3 is 2.58 bits per heavy atom. The van der Waals surface area contributed by atoms with Crippen LogP contribution in [0.4, 0.5) is 0 Å². The van der Waals surface area contributed by atoms with Gasteiger partial charge in [-0.15, -0.1) is 24.0 Å². The Bertz CT molecular complexity index is 477. The van der Waals surface area contributed by atoms with Gasteiger partial charge < -0.3 is 15.5 Å². The number of rotatable bonds is 9. The van der Waals surface area contributed by atoms with Gasteiger partial charge in [-0.2, -0.15) is 0 Å². The first-order chi connectivity index (χ1) is 11.2. The standard InChI is InChI=1S/C17H29N5O.HI/c1-4-19-17(20-12-9-15-8-7-11-18-14-15)21-13-10-16(23)22(5-2)6-3;/h7-8,11,14H,4-6,9-10,12-13H2,1-3H3,(H2,19,20,21);1H. The lowest BCUT2D eigenvalue weighted by molar-refractivity contribution is -0.130. The maximum Gasteiger partial charge on any atom is 0.224 e. The van der Waals surface area contributed by atoms with Crippen molar-refractivity contribution in [2.45, 2.75) is 33.6 Å². The fourth-order valence-corrected chi connectivity index (χ4v) is 2.21. The van der Waals surface area contributed by atoms with E-state index in [4.69, 9.17) is 0 Å². The van der Waals surface area contributed by atoms with Crippen LogP contribution >= 0.6 is 24.0 Å². The number of halogens is 1. The van der Waals surface area contributed by atoms with Crippen molar-refractivity contribution in [2.24, 2.45) is 4.99 Å². The smallest absolute Gasteiger partial charge is 0.224 e. The molecular weight excluding hydrogens is 417 g/mol. The van der Waals surface area contributed by atoms with Crippen LogP contribution in [-0.4, -0.2) is 54.5 Å². The van der Waals surface area contributed by atoms with E-state index in [0.29, 0.717) is 13.0 Å². The number of guanidine groups is 1. The van der Waals surface area contributed by atoms with Crippen molar-refractivity contribution in [3.8, 4) is 0 Å². The summed E-state index contributed by atoms with van der Waals surface area (Å²) >= 11 is 0. The summed E-state index contributed by atoms with van der Waals surface area (Å²) in [6.45, 7) is 9.59. The van der Waals surface area contributed by atoms with Crippen LogP contribution in [-0.2, 0) is 11.2 Å². The molecule has 1 rings (SSSR count). The lowest BCUT2D eigenvalue weighted by Crippen LogP contribution is -2.38. The number of nitrogens with zero attached hydrogens (tertiary/aromatic N) is 3. The van der Waals surface area contributed by atoms with Gasteiger partial charge in [0.25, 0.3) is 0 Å². The topological polar surface area (TPSA) is 69.6 Å². The molecule has 0 aromatic carbocycles. The molecule has 0 aliphatic rings. The van der Waals surface area contributed by atoms with Gasteiger partial charge >= 0.3 is 0 Å². The highest BCUT2D eigenvalue weighted by Gasteiger charge is 2.08. The first-order valence-corrected chi connectivity index (χ1v) is 8.40. The van der Waals surface area contributed by atoms with E-state index in [2.05, 4.69) is 26.7 Å². The SMILES string of the molecule is CCNC(=NCCC(=O)N(CC)CC)NCCc1cccnc1.I. The zero-order valence-electron chi connectivity index (χ0n) is 14.9. The molecule has 0 fully saturated rings. The summed E-state index contributed by atoms with van der Waals surface area (Å²) in [5.41, 5.74) is 1.19. The van der Waals surface area contributed by atoms with Crippen molar-refractivity contribution in [1.29, 1.82) is 0 Å². The first-order valence-electron chi connectivity index (χ1n) is 8.40. The van der Waals surface area contributed by atoms with E-state index in [9.17, 15) is 4.79 Å². The van der Waals surface area contributed by atoms with Gasteiger partial charge in [0.1, 0.15) is 0 Å². The fraction of sp³-hybridized carbons (Fsp3) is 0.588. The first kappa shape index (κ1) is 22.6. The number of pyridine rings is 1. The number of hydrogen-bond donors (Lipinski definition) is 2. The van der Waals surface area contributed by atoms with Gasteiger partial charge in [0.2, 0.25) is 5.91 Å². The highest BCUT2D eigenvalue weighted by molar-refractivity contribution is 14.0. The van der Waals surface area contributed by atoms with Gasteiger partial charge in [0.15, 0.2) is 5.96 Å². The van der Waals surface area contributed by atoms with Gasteiger partial charge in [-0.3, -0.25) is 14.8 Å². The largest absolute Gasteiger partial charge is 0.357 e. The highest BCUT2D eigenvalue weighted by Crippen LogP contribution is 1.96. The number of carbonyl (C=O) groups is 1. The monoisotopic (exact) mass is 447 g/mol. The van der Waals surface area contributed by atoms with Crippen molar-refractivity contribution in [2.75, 3.05) is 32.7 Å². The third-order valence-electron chi connectivity index (χ3n) is 3.48. The predicted molar refractivity (Wildman–Crippen MR) is 110 cm³/mol. The molecule has 0 spiro atoms. The molecule has 24 heavy (non-hydrogen) atoms. The van der Waals surface area contributed by atoms with E-state index >= 15 is 0 Å². The van der Waals surface area contributed by atoms with Crippen LogP contribution in [0.3, 0.4) is 0 Å². The van der Waals surface area contributed by atoms with Crippen LogP contribution in [0.15, 0.2) is 29.5 Å². The Hall–Kier alpha value is -1.38. The van der Waals surface area contributed by atoms with Gasteiger partial charge in [-0.05, 0) is 38.8 Å². The van der Waals surface area contributed by atoms with E-state index in [-0.39, 0.29) is 29.9 Å². The third-order valence-corrected chi connectivity index (χ3v) is 3.48. The van der Waals surface area contributed by atoms with Crippen LogP contribution in [0.2, 0.25) is 0 Å². The Balaban J connectivity index is 0.00000529. The molecule has 0 atom stereocenters. The second kappa shape index (κ2) is 14.0. The predicted octanol–water partition coefficient (Wildman–Crippen LogP) is 2.06. The minimum absolute atomic E-state index is 0. The highest BCUT2D eigenvalue weighted by atomic mass is 127. The van der Waals surface area contributed by atoms with E-state index < -0.39 is 0 Å². The molecular formula is C17H30IN5O. The van der Waals surface area contributed by atoms with E-state index in [1.807, 2.05) is 37.9 Å². The molecule has 0 saturated heterocycles. The second-order valence-corrected chi connectivity index (χ2v) is 5.11.